The summed E-state index contributed by atoms with van der Waals surface area (Å²) in [4.78, 5) is 0. The molecule has 1 N–H and O–H groups in total. The average molecular weight is 221 g/mol. The maximum atomic E-state index is 5.43. The van der Waals surface area contributed by atoms with Gasteiger partial charge in [-0.25, -0.2) is 0 Å². The monoisotopic (exact) mass is 221 g/mol. The Bertz CT molecular complexity index is 365. The van der Waals surface area contributed by atoms with Crippen molar-refractivity contribution in [2.75, 3.05) is 20.8 Å². The van der Waals surface area contributed by atoms with Crippen LogP contribution < -0.4 is 14.8 Å². The van der Waals surface area contributed by atoms with E-state index in [0.717, 1.165) is 18.0 Å². The SMILES string of the molecule is COc1ccc([C@H]2NCC[C@@H]2C)c(OC)c1. The second-order valence-electron chi connectivity index (χ2n) is 4.31. The summed E-state index contributed by atoms with van der Waals surface area (Å²) >= 11 is 0. The Morgan fingerprint density at radius 3 is 2.62 bits per heavy atom. The highest BCUT2D eigenvalue weighted by Crippen LogP contribution is 2.36. The first-order valence-electron chi connectivity index (χ1n) is 5.71. The Kier molecular flexibility index (Phi) is 3.34. The number of nitrogens with one attached hydrogen (secondary N) is 1. The minimum absolute atomic E-state index is 0.404. The molecule has 2 atom stereocenters. The molecule has 1 aliphatic heterocycles. The molecule has 2 rings (SSSR count). The first-order valence-corrected chi connectivity index (χ1v) is 5.71. The van der Waals surface area contributed by atoms with Crippen molar-refractivity contribution in [1.82, 2.24) is 5.32 Å². The lowest BCUT2D eigenvalue weighted by atomic mass is 9.95. The highest BCUT2D eigenvalue weighted by atomic mass is 16.5. The van der Waals surface area contributed by atoms with Crippen molar-refractivity contribution in [3.63, 3.8) is 0 Å². The molecule has 0 aromatic heterocycles. The van der Waals surface area contributed by atoms with Gasteiger partial charge in [-0.15, -0.1) is 0 Å². The summed E-state index contributed by atoms with van der Waals surface area (Å²) < 4.78 is 10.6. The molecule has 88 valence electrons. The second kappa shape index (κ2) is 4.74. The lowest BCUT2D eigenvalue weighted by Gasteiger charge is -2.19. The molecule has 0 spiro atoms. The predicted molar refractivity (Wildman–Crippen MR) is 64.1 cm³/mol. The van der Waals surface area contributed by atoms with E-state index in [4.69, 9.17) is 9.47 Å². The molecule has 1 aliphatic rings. The van der Waals surface area contributed by atoms with Crippen molar-refractivity contribution in [2.45, 2.75) is 19.4 Å². The fourth-order valence-corrected chi connectivity index (χ4v) is 2.33. The van der Waals surface area contributed by atoms with Crippen LogP contribution in [0.2, 0.25) is 0 Å². The van der Waals surface area contributed by atoms with Crippen molar-refractivity contribution >= 4 is 0 Å². The number of hydrogen-bond acceptors (Lipinski definition) is 3. The molecule has 0 aliphatic carbocycles. The summed E-state index contributed by atoms with van der Waals surface area (Å²) in [5.74, 6) is 2.40. The summed E-state index contributed by atoms with van der Waals surface area (Å²) in [5.41, 5.74) is 1.23. The number of hydrogen-bond donors (Lipinski definition) is 1. The van der Waals surface area contributed by atoms with Crippen LogP contribution in [0.3, 0.4) is 0 Å². The first-order chi connectivity index (χ1) is 7.76. The zero-order chi connectivity index (χ0) is 11.5. The van der Waals surface area contributed by atoms with E-state index in [1.165, 1.54) is 12.0 Å². The number of benzene rings is 1. The molecule has 3 heteroatoms. The smallest absolute Gasteiger partial charge is 0.127 e. The molecule has 1 fully saturated rings. The van der Waals surface area contributed by atoms with E-state index < -0.39 is 0 Å². The van der Waals surface area contributed by atoms with Gasteiger partial charge in [0.15, 0.2) is 0 Å². The van der Waals surface area contributed by atoms with Gasteiger partial charge in [-0.05, 0) is 24.9 Å². The molecule has 0 amide bonds. The molecule has 0 saturated carbocycles. The van der Waals surface area contributed by atoms with Crippen LogP contribution in [0.15, 0.2) is 18.2 Å². The van der Waals surface area contributed by atoms with Gasteiger partial charge in [0.1, 0.15) is 11.5 Å². The van der Waals surface area contributed by atoms with Crippen LogP contribution in [0.1, 0.15) is 24.9 Å². The largest absolute Gasteiger partial charge is 0.497 e. The maximum Gasteiger partial charge on any atom is 0.127 e. The fourth-order valence-electron chi connectivity index (χ4n) is 2.33. The average Bonchev–Trinajstić information content (AvgIpc) is 2.74. The van der Waals surface area contributed by atoms with Gasteiger partial charge in [-0.3, -0.25) is 0 Å². The van der Waals surface area contributed by atoms with Crippen molar-refractivity contribution in [3.8, 4) is 11.5 Å². The summed E-state index contributed by atoms with van der Waals surface area (Å²) in [6.07, 6.45) is 1.22. The van der Waals surface area contributed by atoms with E-state index in [9.17, 15) is 0 Å². The fraction of sp³-hybridized carbons (Fsp3) is 0.538. The van der Waals surface area contributed by atoms with Gasteiger partial charge in [-0.2, -0.15) is 0 Å². The van der Waals surface area contributed by atoms with Gasteiger partial charge in [0.25, 0.3) is 0 Å². The summed E-state index contributed by atoms with van der Waals surface area (Å²) in [6, 6.07) is 6.44. The van der Waals surface area contributed by atoms with Crippen molar-refractivity contribution < 1.29 is 9.47 Å². The lowest BCUT2D eigenvalue weighted by Crippen LogP contribution is -2.17. The summed E-state index contributed by atoms with van der Waals surface area (Å²) in [5, 5.41) is 3.51. The van der Waals surface area contributed by atoms with Crippen LogP contribution in [-0.2, 0) is 0 Å². The molecule has 1 aromatic rings. The van der Waals surface area contributed by atoms with Gasteiger partial charge < -0.3 is 14.8 Å². The van der Waals surface area contributed by atoms with Gasteiger partial charge in [0.05, 0.1) is 14.2 Å². The minimum atomic E-state index is 0.404. The standard InChI is InChI=1S/C13H19NO2/c1-9-6-7-14-13(9)11-5-4-10(15-2)8-12(11)16-3/h4-5,8-9,13-14H,6-7H2,1-3H3/t9-,13-/m0/s1. The third-order valence-electron chi connectivity index (χ3n) is 3.31. The normalized spacial score (nSPS) is 24.4. The molecule has 1 saturated heterocycles. The Labute approximate surface area is 96.8 Å². The quantitative estimate of drug-likeness (QED) is 0.850. The third-order valence-corrected chi connectivity index (χ3v) is 3.31. The molecular formula is C13H19NO2. The molecular weight excluding hydrogens is 202 g/mol. The van der Waals surface area contributed by atoms with E-state index in [-0.39, 0.29) is 0 Å². The zero-order valence-electron chi connectivity index (χ0n) is 10.1. The van der Waals surface area contributed by atoms with Crippen LogP contribution >= 0.6 is 0 Å². The molecule has 16 heavy (non-hydrogen) atoms. The van der Waals surface area contributed by atoms with Crippen LogP contribution in [0, 0.1) is 5.92 Å². The van der Waals surface area contributed by atoms with Gasteiger partial charge in [0, 0.05) is 17.7 Å². The second-order valence-corrected chi connectivity index (χ2v) is 4.31. The topological polar surface area (TPSA) is 30.5 Å². The van der Waals surface area contributed by atoms with E-state index >= 15 is 0 Å². The highest BCUT2D eigenvalue weighted by Gasteiger charge is 2.26. The maximum absolute atomic E-state index is 5.43. The Morgan fingerprint density at radius 1 is 1.25 bits per heavy atom. The highest BCUT2D eigenvalue weighted by molar-refractivity contribution is 5.43. The first kappa shape index (κ1) is 11.3. The molecule has 0 unspecified atom stereocenters. The molecule has 1 aromatic carbocycles. The minimum Gasteiger partial charge on any atom is -0.497 e. The molecule has 0 bridgehead atoms. The molecule has 3 nitrogen and oxygen atoms in total. The van der Waals surface area contributed by atoms with E-state index in [0.29, 0.717) is 12.0 Å². The van der Waals surface area contributed by atoms with Crippen LogP contribution in [-0.4, -0.2) is 20.8 Å². The van der Waals surface area contributed by atoms with Crippen LogP contribution in [0.5, 0.6) is 11.5 Å². The summed E-state index contributed by atoms with van der Waals surface area (Å²) in [7, 11) is 3.38. The number of ether oxygens (including phenoxy) is 2. The van der Waals surface area contributed by atoms with Crippen LogP contribution in [0.25, 0.3) is 0 Å². The Hall–Kier alpha value is -1.22. The van der Waals surface area contributed by atoms with Gasteiger partial charge in [0.2, 0.25) is 0 Å². The Balaban J connectivity index is 2.32. The van der Waals surface area contributed by atoms with E-state index in [2.05, 4.69) is 18.3 Å². The van der Waals surface area contributed by atoms with Crippen molar-refractivity contribution in [1.29, 1.82) is 0 Å². The zero-order valence-corrected chi connectivity index (χ0v) is 10.1. The van der Waals surface area contributed by atoms with Crippen molar-refractivity contribution in [3.05, 3.63) is 23.8 Å². The van der Waals surface area contributed by atoms with Gasteiger partial charge in [-0.1, -0.05) is 13.0 Å². The van der Waals surface area contributed by atoms with E-state index in [1.807, 2.05) is 12.1 Å². The van der Waals surface area contributed by atoms with E-state index in [1.54, 1.807) is 14.2 Å². The molecule has 0 radical (unpaired) electrons. The Morgan fingerprint density at radius 2 is 2.06 bits per heavy atom. The predicted octanol–water partition coefficient (Wildman–Crippen LogP) is 2.37. The van der Waals surface area contributed by atoms with Gasteiger partial charge >= 0.3 is 0 Å². The lowest BCUT2D eigenvalue weighted by molar-refractivity contribution is 0.381. The summed E-state index contributed by atoms with van der Waals surface area (Å²) in [6.45, 7) is 3.36. The number of rotatable bonds is 3. The number of methoxy groups -OCH3 is 2. The third kappa shape index (κ3) is 2.00. The van der Waals surface area contributed by atoms with Crippen LogP contribution in [0.4, 0.5) is 0 Å². The molecule has 1 heterocycles. The van der Waals surface area contributed by atoms with Crippen molar-refractivity contribution in [2.24, 2.45) is 5.92 Å².